The van der Waals surface area contributed by atoms with E-state index in [1.54, 1.807) is 12.1 Å². The van der Waals surface area contributed by atoms with Gasteiger partial charge in [0.05, 0.1) is 10.7 Å². The number of nitrogens with one attached hydrogen (secondary N) is 2. The number of hydrogen-bond donors (Lipinski definition) is 2. The smallest absolute Gasteiger partial charge is 0.263 e. The summed E-state index contributed by atoms with van der Waals surface area (Å²) in [5.41, 5.74) is 3.68. The van der Waals surface area contributed by atoms with Crippen molar-refractivity contribution in [1.29, 1.82) is 0 Å². The van der Waals surface area contributed by atoms with E-state index in [4.69, 9.17) is 11.6 Å². The summed E-state index contributed by atoms with van der Waals surface area (Å²) in [7, 11) is -3.97. The molecule has 6 nitrogen and oxygen atoms in total. The highest BCUT2D eigenvalue weighted by molar-refractivity contribution is 7.92. The first-order chi connectivity index (χ1) is 16.3. The van der Waals surface area contributed by atoms with E-state index in [0.717, 1.165) is 30.8 Å². The topological polar surface area (TPSA) is 78.5 Å². The lowest BCUT2D eigenvalue weighted by atomic mass is 10.1. The first-order valence-corrected chi connectivity index (χ1v) is 13.1. The highest BCUT2D eigenvalue weighted by Crippen LogP contribution is 2.26. The molecular formula is C26H28ClN3O3S. The Labute approximate surface area is 206 Å². The summed E-state index contributed by atoms with van der Waals surface area (Å²) in [6.45, 7) is 5.32. The Bertz CT molecular complexity index is 1290. The summed E-state index contributed by atoms with van der Waals surface area (Å²) in [6, 6.07) is 19.5. The zero-order valence-corrected chi connectivity index (χ0v) is 20.6. The Kier molecular flexibility index (Phi) is 7.56. The number of likely N-dealkylation sites (tertiary alicyclic amines) is 1. The van der Waals surface area contributed by atoms with Crippen molar-refractivity contribution in [3.05, 3.63) is 94.0 Å². The Morgan fingerprint density at radius 1 is 0.971 bits per heavy atom. The normalized spacial score (nSPS) is 14.2. The van der Waals surface area contributed by atoms with Gasteiger partial charge in [0.1, 0.15) is 4.90 Å². The van der Waals surface area contributed by atoms with Crippen molar-refractivity contribution in [2.45, 2.75) is 37.8 Å². The lowest BCUT2D eigenvalue weighted by Crippen LogP contribution is -2.24. The van der Waals surface area contributed by atoms with Crippen LogP contribution < -0.4 is 10.0 Å². The second kappa shape index (κ2) is 10.6. The third-order valence-electron chi connectivity index (χ3n) is 5.92. The van der Waals surface area contributed by atoms with E-state index in [1.165, 1.54) is 36.6 Å². The zero-order chi connectivity index (χ0) is 24.1. The van der Waals surface area contributed by atoms with E-state index in [-0.39, 0.29) is 21.4 Å². The molecule has 3 aromatic rings. The second-order valence-electron chi connectivity index (χ2n) is 8.55. The minimum absolute atomic E-state index is 0.0484. The van der Waals surface area contributed by atoms with E-state index in [2.05, 4.69) is 27.1 Å². The average Bonchev–Trinajstić information content (AvgIpc) is 3.32. The molecule has 1 aliphatic rings. The minimum atomic E-state index is -3.97. The van der Waals surface area contributed by atoms with Crippen LogP contribution in [0.1, 0.15) is 39.9 Å². The van der Waals surface area contributed by atoms with Crippen molar-refractivity contribution < 1.29 is 13.2 Å². The third kappa shape index (κ3) is 5.97. The van der Waals surface area contributed by atoms with Crippen LogP contribution in [0.5, 0.6) is 0 Å². The van der Waals surface area contributed by atoms with Crippen molar-refractivity contribution in [3.8, 4) is 0 Å². The molecule has 8 heteroatoms. The van der Waals surface area contributed by atoms with Gasteiger partial charge >= 0.3 is 0 Å². The standard InChI is InChI=1S/C26H28ClN3O3S/c1-19-7-2-3-10-24(19)29-34(32,33)25-16-22(11-12-23(25)27)26(31)28-17-20-8-6-9-21(15-20)18-30-13-4-5-14-30/h2-3,6-12,15-16,29H,4-5,13-14,17-18H2,1H3,(H,28,31). The van der Waals surface area contributed by atoms with E-state index >= 15 is 0 Å². The van der Waals surface area contributed by atoms with E-state index in [1.807, 2.05) is 31.2 Å². The van der Waals surface area contributed by atoms with Gasteiger partial charge in [-0.15, -0.1) is 0 Å². The molecule has 178 valence electrons. The van der Waals surface area contributed by atoms with Crippen LogP contribution in [-0.4, -0.2) is 32.3 Å². The Morgan fingerprint density at radius 2 is 1.71 bits per heavy atom. The molecule has 34 heavy (non-hydrogen) atoms. The second-order valence-corrected chi connectivity index (χ2v) is 10.6. The summed E-state index contributed by atoms with van der Waals surface area (Å²) in [5.74, 6) is -0.367. The van der Waals surface area contributed by atoms with Crippen LogP contribution in [0, 0.1) is 6.92 Å². The van der Waals surface area contributed by atoms with Crippen LogP contribution in [0.25, 0.3) is 0 Å². The van der Waals surface area contributed by atoms with Crippen molar-refractivity contribution in [1.82, 2.24) is 10.2 Å². The number of carbonyl (C=O) groups excluding carboxylic acids is 1. The average molecular weight is 498 g/mol. The number of aryl methyl sites for hydroxylation is 1. The van der Waals surface area contributed by atoms with E-state index < -0.39 is 10.0 Å². The number of rotatable bonds is 8. The number of nitrogens with zero attached hydrogens (tertiary/aromatic N) is 1. The molecule has 0 unspecified atom stereocenters. The fraction of sp³-hybridized carbons (Fsp3) is 0.269. The van der Waals surface area contributed by atoms with Crippen LogP contribution >= 0.6 is 11.6 Å². The first-order valence-electron chi connectivity index (χ1n) is 11.3. The maximum absolute atomic E-state index is 13.0. The van der Waals surface area contributed by atoms with Gasteiger partial charge in [0.2, 0.25) is 0 Å². The van der Waals surface area contributed by atoms with Crippen molar-refractivity contribution in [3.63, 3.8) is 0 Å². The predicted octanol–water partition coefficient (Wildman–Crippen LogP) is 4.98. The number of hydrogen-bond acceptors (Lipinski definition) is 4. The van der Waals surface area contributed by atoms with Gasteiger partial charge in [-0.05, 0) is 73.8 Å². The van der Waals surface area contributed by atoms with Gasteiger partial charge in [-0.25, -0.2) is 8.42 Å². The number of halogens is 1. The quantitative estimate of drug-likeness (QED) is 0.460. The number of benzene rings is 3. The summed E-state index contributed by atoms with van der Waals surface area (Å²) < 4.78 is 28.5. The van der Waals surface area contributed by atoms with Gasteiger partial charge in [0.15, 0.2) is 0 Å². The minimum Gasteiger partial charge on any atom is -0.348 e. The fourth-order valence-corrected chi connectivity index (χ4v) is 5.72. The Hall–Kier alpha value is -2.87. The summed E-state index contributed by atoms with van der Waals surface area (Å²) in [6.07, 6.45) is 2.49. The first kappa shape index (κ1) is 24.3. The molecule has 4 rings (SSSR count). The molecule has 3 aromatic carbocycles. The summed E-state index contributed by atoms with van der Waals surface area (Å²) >= 11 is 6.20. The molecule has 1 amide bonds. The zero-order valence-electron chi connectivity index (χ0n) is 19.1. The molecule has 0 aliphatic carbocycles. The number of anilines is 1. The van der Waals surface area contributed by atoms with Crippen LogP contribution in [0.2, 0.25) is 5.02 Å². The molecule has 0 radical (unpaired) electrons. The number of sulfonamides is 1. The molecule has 0 atom stereocenters. The van der Waals surface area contributed by atoms with Gasteiger partial charge < -0.3 is 5.32 Å². The van der Waals surface area contributed by atoms with Crippen molar-refractivity contribution >= 4 is 33.2 Å². The molecule has 0 bridgehead atoms. The molecule has 1 heterocycles. The van der Waals surface area contributed by atoms with Gasteiger partial charge in [0, 0.05) is 18.7 Å². The highest BCUT2D eigenvalue weighted by atomic mass is 35.5. The third-order valence-corrected chi connectivity index (χ3v) is 7.77. The van der Waals surface area contributed by atoms with Gasteiger partial charge in [-0.2, -0.15) is 0 Å². The van der Waals surface area contributed by atoms with Crippen LogP contribution in [0.15, 0.2) is 71.6 Å². The Morgan fingerprint density at radius 3 is 2.47 bits per heavy atom. The molecule has 1 aliphatic heterocycles. The fourth-order valence-electron chi connectivity index (χ4n) is 4.06. The van der Waals surface area contributed by atoms with Crippen molar-refractivity contribution in [2.24, 2.45) is 0 Å². The lowest BCUT2D eigenvalue weighted by molar-refractivity contribution is 0.0950. The van der Waals surface area contributed by atoms with Gasteiger partial charge in [-0.3, -0.25) is 14.4 Å². The van der Waals surface area contributed by atoms with Gasteiger partial charge in [-0.1, -0.05) is 54.1 Å². The SMILES string of the molecule is Cc1ccccc1NS(=O)(=O)c1cc(C(=O)NCc2cccc(CN3CCCC3)c2)ccc1Cl. The van der Waals surface area contributed by atoms with E-state index in [9.17, 15) is 13.2 Å². The number of carbonyl (C=O) groups is 1. The lowest BCUT2D eigenvalue weighted by Gasteiger charge is -2.15. The Balaban J connectivity index is 1.45. The number of amides is 1. The maximum Gasteiger partial charge on any atom is 0.263 e. The van der Waals surface area contributed by atoms with Crippen molar-refractivity contribution in [2.75, 3.05) is 17.8 Å². The number of para-hydroxylation sites is 1. The van der Waals surface area contributed by atoms with E-state index in [0.29, 0.717) is 12.2 Å². The molecule has 1 fully saturated rings. The molecule has 1 saturated heterocycles. The largest absolute Gasteiger partial charge is 0.348 e. The monoisotopic (exact) mass is 497 g/mol. The summed E-state index contributed by atoms with van der Waals surface area (Å²) in [4.78, 5) is 15.1. The molecular weight excluding hydrogens is 470 g/mol. The molecule has 0 saturated carbocycles. The van der Waals surface area contributed by atoms with Crippen LogP contribution in [0.3, 0.4) is 0 Å². The van der Waals surface area contributed by atoms with Gasteiger partial charge in [0.25, 0.3) is 15.9 Å². The highest BCUT2D eigenvalue weighted by Gasteiger charge is 2.21. The summed E-state index contributed by atoms with van der Waals surface area (Å²) in [5, 5.41) is 2.93. The maximum atomic E-state index is 13.0. The predicted molar refractivity (Wildman–Crippen MR) is 136 cm³/mol. The molecule has 2 N–H and O–H groups in total. The van der Waals surface area contributed by atoms with Crippen LogP contribution in [-0.2, 0) is 23.1 Å². The van der Waals surface area contributed by atoms with Crippen LogP contribution in [0.4, 0.5) is 5.69 Å². The molecule has 0 aromatic heterocycles. The molecule has 0 spiro atoms.